The summed E-state index contributed by atoms with van der Waals surface area (Å²) in [5.41, 5.74) is 3.40. The van der Waals surface area contributed by atoms with Gasteiger partial charge >= 0.3 is 0 Å². The van der Waals surface area contributed by atoms with E-state index in [0.29, 0.717) is 35.6 Å². The van der Waals surface area contributed by atoms with Gasteiger partial charge in [-0.15, -0.1) is 0 Å². The number of nitrogens with zero attached hydrogens (tertiary/aromatic N) is 5. The Morgan fingerprint density at radius 1 is 0.774 bits per heavy atom. The highest BCUT2D eigenvalue weighted by atomic mass is 16.3. The minimum Gasteiger partial charge on any atom is -0.395 e. The molecule has 0 fully saturated rings. The fourth-order valence-corrected chi connectivity index (χ4v) is 2.84. The van der Waals surface area contributed by atoms with Crippen molar-refractivity contribution < 1.29 is 5.11 Å². The fraction of sp³-hybridized carbons (Fsp3) is 0.136. The van der Waals surface area contributed by atoms with E-state index in [0.717, 1.165) is 17.1 Å². The van der Waals surface area contributed by atoms with Crippen LogP contribution in [0.15, 0.2) is 67.0 Å². The van der Waals surface area contributed by atoms with E-state index in [1.165, 1.54) is 0 Å². The Hall–Kier alpha value is -4.11. The first-order valence-corrected chi connectivity index (χ1v) is 9.78. The zero-order valence-electron chi connectivity index (χ0n) is 16.9. The molecule has 3 heterocycles. The fourth-order valence-electron chi connectivity index (χ4n) is 2.84. The zero-order valence-corrected chi connectivity index (χ0v) is 16.9. The lowest BCUT2D eigenvalue weighted by Gasteiger charge is -2.10. The van der Waals surface area contributed by atoms with Crippen LogP contribution in [0.5, 0.6) is 0 Å². The van der Waals surface area contributed by atoms with Crippen LogP contribution in [-0.2, 0) is 0 Å². The molecule has 0 amide bonds. The smallest absolute Gasteiger partial charge is 0.229 e. The summed E-state index contributed by atoms with van der Waals surface area (Å²) >= 11 is 0. The van der Waals surface area contributed by atoms with Gasteiger partial charge in [0, 0.05) is 36.0 Å². The van der Waals surface area contributed by atoms with Gasteiger partial charge in [-0.05, 0) is 55.5 Å². The lowest BCUT2D eigenvalue weighted by Crippen LogP contribution is -2.05. The van der Waals surface area contributed by atoms with Crippen molar-refractivity contribution in [3.05, 3.63) is 72.7 Å². The molecule has 0 aliphatic rings. The van der Waals surface area contributed by atoms with Gasteiger partial charge in [0.25, 0.3) is 0 Å². The Morgan fingerprint density at radius 2 is 1.52 bits per heavy atom. The lowest BCUT2D eigenvalue weighted by atomic mass is 10.3. The number of aromatic nitrogens is 5. The number of benzene rings is 1. The monoisotopic (exact) mass is 414 g/mol. The average molecular weight is 414 g/mol. The van der Waals surface area contributed by atoms with Crippen molar-refractivity contribution in [1.82, 2.24) is 24.9 Å². The molecule has 0 radical (unpaired) electrons. The van der Waals surface area contributed by atoms with Crippen molar-refractivity contribution in [2.45, 2.75) is 6.92 Å². The molecule has 9 nitrogen and oxygen atoms in total. The van der Waals surface area contributed by atoms with Crippen molar-refractivity contribution in [2.75, 3.05) is 29.1 Å². The van der Waals surface area contributed by atoms with Crippen LogP contribution in [0.25, 0.3) is 11.5 Å². The molecule has 0 bridgehead atoms. The number of rotatable bonds is 8. The van der Waals surface area contributed by atoms with Gasteiger partial charge in [-0.2, -0.15) is 4.98 Å². The minimum atomic E-state index is 0.0863. The van der Waals surface area contributed by atoms with E-state index in [1.807, 2.05) is 49.4 Å². The predicted molar refractivity (Wildman–Crippen MR) is 121 cm³/mol. The predicted octanol–water partition coefficient (Wildman–Crippen LogP) is 3.53. The van der Waals surface area contributed by atoms with Gasteiger partial charge < -0.3 is 21.1 Å². The van der Waals surface area contributed by atoms with Gasteiger partial charge in [-0.3, -0.25) is 0 Å². The maximum Gasteiger partial charge on any atom is 0.229 e. The quantitative estimate of drug-likeness (QED) is 0.343. The second-order valence-electron chi connectivity index (χ2n) is 6.67. The molecule has 3 aromatic heterocycles. The van der Waals surface area contributed by atoms with Crippen LogP contribution >= 0.6 is 0 Å². The number of aliphatic hydroxyl groups excluding tert-OH is 1. The van der Waals surface area contributed by atoms with Gasteiger partial charge in [0.1, 0.15) is 17.3 Å². The SMILES string of the molecule is Cc1cccc(-c2nccc(Nc3ccnc(Nc4ccc(NCCO)cc4)n3)n2)n1. The summed E-state index contributed by atoms with van der Waals surface area (Å²) in [5, 5.41) is 18.3. The molecule has 4 aromatic rings. The summed E-state index contributed by atoms with van der Waals surface area (Å²) in [5.74, 6) is 2.20. The zero-order chi connectivity index (χ0) is 21.5. The average Bonchev–Trinajstić information content (AvgIpc) is 2.79. The van der Waals surface area contributed by atoms with E-state index in [-0.39, 0.29) is 6.61 Å². The highest BCUT2D eigenvalue weighted by Crippen LogP contribution is 2.20. The summed E-state index contributed by atoms with van der Waals surface area (Å²) in [6.45, 7) is 2.53. The van der Waals surface area contributed by atoms with Crippen LogP contribution in [0.1, 0.15) is 5.69 Å². The summed E-state index contributed by atoms with van der Waals surface area (Å²) in [7, 11) is 0. The van der Waals surface area contributed by atoms with Crippen LogP contribution in [0, 0.1) is 6.92 Å². The number of hydrogen-bond acceptors (Lipinski definition) is 9. The molecule has 1 aromatic carbocycles. The van der Waals surface area contributed by atoms with E-state index in [4.69, 9.17) is 5.11 Å². The molecule has 4 N–H and O–H groups in total. The number of hydrogen-bond donors (Lipinski definition) is 4. The topological polar surface area (TPSA) is 121 Å². The number of nitrogens with one attached hydrogen (secondary N) is 3. The van der Waals surface area contributed by atoms with Gasteiger partial charge in [-0.1, -0.05) is 6.07 Å². The molecule has 0 saturated heterocycles. The first kappa shape index (κ1) is 20.2. The molecule has 0 atom stereocenters. The molecular weight excluding hydrogens is 392 g/mol. The Kier molecular flexibility index (Phi) is 6.24. The Balaban J connectivity index is 1.46. The number of pyridine rings is 1. The molecule has 0 aliphatic carbocycles. The van der Waals surface area contributed by atoms with Crippen LogP contribution in [0.4, 0.5) is 29.0 Å². The largest absolute Gasteiger partial charge is 0.395 e. The number of aryl methyl sites for hydroxylation is 1. The lowest BCUT2D eigenvalue weighted by molar-refractivity contribution is 0.311. The summed E-state index contributed by atoms with van der Waals surface area (Å²) in [6.07, 6.45) is 3.35. The van der Waals surface area contributed by atoms with E-state index in [2.05, 4.69) is 40.9 Å². The molecule has 156 valence electrons. The Labute approximate surface area is 179 Å². The summed E-state index contributed by atoms with van der Waals surface area (Å²) in [6, 6.07) is 16.9. The van der Waals surface area contributed by atoms with Crippen molar-refractivity contribution in [1.29, 1.82) is 0 Å². The second kappa shape index (κ2) is 9.59. The van der Waals surface area contributed by atoms with Gasteiger partial charge in [-0.25, -0.2) is 19.9 Å². The van der Waals surface area contributed by atoms with Crippen molar-refractivity contribution in [3.8, 4) is 11.5 Å². The van der Waals surface area contributed by atoms with Gasteiger partial charge in [0.15, 0.2) is 5.82 Å². The molecule has 0 aliphatic heterocycles. The Morgan fingerprint density at radius 3 is 2.29 bits per heavy atom. The Bertz CT molecular complexity index is 1150. The van der Waals surface area contributed by atoms with E-state index < -0.39 is 0 Å². The maximum atomic E-state index is 8.88. The third-order valence-electron chi connectivity index (χ3n) is 4.27. The molecule has 0 saturated carbocycles. The number of anilines is 5. The van der Waals surface area contributed by atoms with Crippen LogP contribution in [0.2, 0.25) is 0 Å². The van der Waals surface area contributed by atoms with Crippen molar-refractivity contribution in [3.63, 3.8) is 0 Å². The molecule has 31 heavy (non-hydrogen) atoms. The molecule has 4 rings (SSSR count). The van der Waals surface area contributed by atoms with E-state index >= 15 is 0 Å². The second-order valence-corrected chi connectivity index (χ2v) is 6.67. The highest BCUT2D eigenvalue weighted by Gasteiger charge is 2.06. The third-order valence-corrected chi connectivity index (χ3v) is 4.27. The van der Waals surface area contributed by atoms with Crippen LogP contribution < -0.4 is 16.0 Å². The minimum absolute atomic E-state index is 0.0863. The number of aliphatic hydroxyl groups is 1. The summed E-state index contributed by atoms with van der Waals surface area (Å²) in [4.78, 5) is 22.1. The van der Waals surface area contributed by atoms with E-state index in [1.54, 1.807) is 24.5 Å². The molecule has 0 spiro atoms. The van der Waals surface area contributed by atoms with Crippen molar-refractivity contribution in [2.24, 2.45) is 0 Å². The van der Waals surface area contributed by atoms with Crippen LogP contribution in [-0.4, -0.2) is 43.2 Å². The first-order chi connectivity index (χ1) is 15.2. The first-order valence-electron chi connectivity index (χ1n) is 9.78. The molecule has 9 heteroatoms. The molecular formula is C22H22N8O. The summed E-state index contributed by atoms with van der Waals surface area (Å²) < 4.78 is 0. The maximum absolute atomic E-state index is 8.88. The standard InChI is InChI=1S/C22H22N8O/c1-15-3-2-4-18(26-15)21-24-11-9-19(29-21)28-20-10-12-25-22(30-20)27-17-7-5-16(6-8-17)23-13-14-31/h2-12,23,31H,13-14H2,1H3,(H2,24,25,27,28,29,30). The van der Waals surface area contributed by atoms with Crippen molar-refractivity contribution >= 4 is 29.0 Å². The van der Waals surface area contributed by atoms with Crippen LogP contribution in [0.3, 0.4) is 0 Å². The van der Waals surface area contributed by atoms with Gasteiger partial charge in [0.05, 0.1) is 6.61 Å². The third kappa shape index (κ3) is 5.49. The normalized spacial score (nSPS) is 10.5. The highest BCUT2D eigenvalue weighted by molar-refractivity contribution is 5.61. The van der Waals surface area contributed by atoms with E-state index in [9.17, 15) is 0 Å². The molecule has 0 unspecified atom stereocenters. The van der Waals surface area contributed by atoms with Gasteiger partial charge in [0.2, 0.25) is 5.95 Å².